The van der Waals surface area contributed by atoms with Crippen molar-refractivity contribution in [3.8, 4) is 11.3 Å². The third-order valence-electron chi connectivity index (χ3n) is 6.89. The Balaban J connectivity index is 0.00000148. The lowest BCUT2D eigenvalue weighted by molar-refractivity contribution is 0.0936. The number of fused-ring (bicyclic) bond motifs is 1. The number of hydrogen-bond donors (Lipinski definition) is 1. The van der Waals surface area contributed by atoms with Gasteiger partial charge in [-0.15, -0.1) is 0 Å². The SMILES string of the molecule is CC.Cn1nc(-c2cnc(C(=O)NCCN3CCCCC3)nc2)c2ccc(N3CCCCCC3)nc21. The second-order valence-electron chi connectivity index (χ2n) is 9.37. The molecule has 0 aromatic carbocycles. The van der Waals surface area contributed by atoms with E-state index in [1.54, 1.807) is 12.4 Å². The fourth-order valence-corrected chi connectivity index (χ4v) is 4.97. The number of nitrogens with one attached hydrogen (secondary N) is 1. The number of rotatable bonds is 6. The Kier molecular flexibility index (Phi) is 9.22. The van der Waals surface area contributed by atoms with Crippen LogP contribution in [-0.4, -0.2) is 74.8 Å². The number of hydrogen-bond acceptors (Lipinski definition) is 7. The lowest BCUT2D eigenvalue weighted by Crippen LogP contribution is -2.38. The van der Waals surface area contributed by atoms with Crippen molar-refractivity contribution in [1.29, 1.82) is 0 Å². The smallest absolute Gasteiger partial charge is 0.289 e. The topological polar surface area (TPSA) is 92.1 Å². The monoisotopic (exact) mass is 492 g/mol. The van der Waals surface area contributed by atoms with Crippen LogP contribution in [0.2, 0.25) is 0 Å². The number of aryl methyl sites for hydroxylation is 1. The summed E-state index contributed by atoms with van der Waals surface area (Å²) in [5.41, 5.74) is 2.40. The van der Waals surface area contributed by atoms with Crippen LogP contribution in [0, 0.1) is 0 Å². The van der Waals surface area contributed by atoms with Gasteiger partial charge < -0.3 is 15.1 Å². The molecule has 0 atom stereocenters. The van der Waals surface area contributed by atoms with Crippen molar-refractivity contribution in [2.75, 3.05) is 44.2 Å². The van der Waals surface area contributed by atoms with Crippen molar-refractivity contribution >= 4 is 22.8 Å². The molecule has 9 nitrogen and oxygen atoms in total. The van der Waals surface area contributed by atoms with E-state index in [0.717, 1.165) is 60.8 Å². The van der Waals surface area contributed by atoms with E-state index < -0.39 is 0 Å². The van der Waals surface area contributed by atoms with Crippen LogP contribution in [0.1, 0.15) is 69.4 Å². The normalized spacial score (nSPS) is 16.8. The standard InChI is InChI=1S/C25H34N8O.C2H6/c1-31-24-20(9-10-21(29-24)33-14-7-2-3-8-15-33)22(30-31)19-17-27-23(28-18-19)25(34)26-11-16-32-12-5-4-6-13-32;1-2/h9-10,17-18H,2-8,11-16H2,1H3,(H,26,34);1-2H3. The Labute approximate surface area is 214 Å². The highest BCUT2D eigenvalue weighted by Gasteiger charge is 2.18. The van der Waals surface area contributed by atoms with E-state index in [1.807, 2.05) is 25.6 Å². The number of aromatic nitrogens is 5. The minimum atomic E-state index is -0.238. The summed E-state index contributed by atoms with van der Waals surface area (Å²) in [6, 6.07) is 4.18. The molecule has 5 heterocycles. The van der Waals surface area contributed by atoms with Gasteiger partial charge in [-0.2, -0.15) is 5.10 Å². The number of carbonyl (C=O) groups is 1. The van der Waals surface area contributed by atoms with Gasteiger partial charge in [0.15, 0.2) is 5.65 Å². The van der Waals surface area contributed by atoms with E-state index in [0.29, 0.717) is 6.54 Å². The summed E-state index contributed by atoms with van der Waals surface area (Å²) in [4.78, 5) is 30.8. The van der Waals surface area contributed by atoms with Crippen molar-refractivity contribution in [2.45, 2.75) is 58.8 Å². The van der Waals surface area contributed by atoms with E-state index in [-0.39, 0.29) is 11.7 Å². The molecule has 0 aliphatic carbocycles. The maximum Gasteiger partial charge on any atom is 0.289 e. The van der Waals surface area contributed by atoms with Crippen molar-refractivity contribution in [3.63, 3.8) is 0 Å². The summed E-state index contributed by atoms with van der Waals surface area (Å²) >= 11 is 0. The lowest BCUT2D eigenvalue weighted by Gasteiger charge is -2.26. The molecule has 5 rings (SSSR count). The number of amides is 1. The Bertz CT molecular complexity index is 1110. The summed E-state index contributed by atoms with van der Waals surface area (Å²) in [5.74, 6) is 0.958. The van der Waals surface area contributed by atoms with Crippen LogP contribution >= 0.6 is 0 Å². The van der Waals surface area contributed by atoms with Gasteiger partial charge in [0, 0.05) is 56.6 Å². The quantitative estimate of drug-likeness (QED) is 0.555. The number of pyridine rings is 1. The lowest BCUT2D eigenvalue weighted by atomic mass is 10.1. The van der Waals surface area contributed by atoms with E-state index in [1.165, 1.54) is 44.9 Å². The number of piperidine rings is 1. The van der Waals surface area contributed by atoms with Crippen molar-refractivity contribution in [3.05, 3.63) is 30.4 Å². The highest BCUT2D eigenvalue weighted by Crippen LogP contribution is 2.28. The molecule has 3 aromatic rings. The number of nitrogens with zero attached hydrogens (tertiary/aromatic N) is 7. The molecule has 1 N–H and O–H groups in total. The minimum Gasteiger partial charge on any atom is -0.357 e. The van der Waals surface area contributed by atoms with E-state index in [4.69, 9.17) is 10.1 Å². The van der Waals surface area contributed by atoms with E-state index in [9.17, 15) is 4.79 Å². The molecule has 0 saturated carbocycles. The Morgan fingerprint density at radius 2 is 1.56 bits per heavy atom. The Morgan fingerprint density at radius 1 is 0.917 bits per heavy atom. The molecule has 9 heteroatoms. The molecule has 0 radical (unpaired) electrons. The van der Waals surface area contributed by atoms with Gasteiger partial charge in [-0.25, -0.2) is 19.6 Å². The average molecular weight is 493 g/mol. The molecular formula is C27H40N8O. The summed E-state index contributed by atoms with van der Waals surface area (Å²) in [7, 11) is 1.91. The van der Waals surface area contributed by atoms with Crippen molar-refractivity contribution in [2.24, 2.45) is 7.05 Å². The van der Waals surface area contributed by atoms with Gasteiger partial charge >= 0.3 is 0 Å². The van der Waals surface area contributed by atoms with Gasteiger partial charge in [0.25, 0.3) is 5.91 Å². The third-order valence-corrected chi connectivity index (χ3v) is 6.89. The molecule has 0 spiro atoms. The maximum atomic E-state index is 12.5. The minimum absolute atomic E-state index is 0.184. The molecule has 2 aliphatic rings. The van der Waals surface area contributed by atoms with Crippen LogP contribution in [0.25, 0.3) is 22.3 Å². The zero-order chi connectivity index (χ0) is 25.3. The van der Waals surface area contributed by atoms with Gasteiger partial charge in [0.1, 0.15) is 11.5 Å². The Morgan fingerprint density at radius 3 is 2.25 bits per heavy atom. The number of anilines is 1. The first-order valence-corrected chi connectivity index (χ1v) is 13.6. The van der Waals surface area contributed by atoms with Gasteiger partial charge in [0.2, 0.25) is 5.82 Å². The Hall–Kier alpha value is -3.07. The second-order valence-corrected chi connectivity index (χ2v) is 9.37. The molecule has 194 valence electrons. The molecular weight excluding hydrogens is 452 g/mol. The van der Waals surface area contributed by atoms with Crippen LogP contribution in [0.15, 0.2) is 24.5 Å². The fraction of sp³-hybridized carbons (Fsp3) is 0.593. The molecule has 3 aromatic heterocycles. The van der Waals surface area contributed by atoms with Gasteiger partial charge in [0.05, 0.1) is 0 Å². The summed E-state index contributed by atoms with van der Waals surface area (Å²) < 4.78 is 1.81. The van der Waals surface area contributed by atoms with Crippen LogP contribution in [0.4, 0.5) is 5.82 Å². The van der Waals surface area contributed by atoms with Crippen LogP contribution in [0.5, 0.6) is 0 Å². The molecule has 1 amide bonds. The van der Waals surface area contributed by atoms with Crippen LogP contribution in [0.3, 0.4) is 0 Å². The van der Waals surface area contributed by atoms with Crippen LogP contribution < -0.4 is 10.2 Å². The molecule has 0 unspecified atom stereocenters. The third kappa shape index (κ3) is 6.19. The summed E-state index contributed by atoms with van der Waals surface area (Å²) in [6.45, 7) is 9.83. The zero-order valence-corrected chi connectivity index (χ0v) is 22.0. The fourth-order valence-electron chi connectivity index (χ4n) is 4.97. The first kappa shape index (κ1) is 26.0. The van der Waals surface area contributed by atoms with Gasteiger partial charge in [-0.1, -0.05) is 33.1 Å². The van der Waals surface area contributed by atoms with Crippen molar-refractivity contribution < 1.29 is 4.79 Å². The first-order valence-electron chi connectivity index (χ1n) is 13.6. The molecule has 2 aliphatic heterocycles. The van der Waals surface area contributed by atoms with E-state index >= 15 is 0 Å². The zero-order valence-electron chi connectivity index (χ0n) is 22.0. The van der Waals surface area contributed by atoms with Crippen LogP contribution in [-0.2, 0) is 7.05 Å². The predicted octanol–water partition coefficient (Wildman–Crippen LogP) is 4.05. The summed E-state index contributed by atoms with van der Waals surface area (Å²) in [6.07, 6.45) is 12.2. The van der Waals surface area contributed by atoms with Gasteiger partial charge in [-0.05, 0) is 50.9 Å². The largest absolute Gasteiger partial charge is 0.357 e. The molecule has 36 heavy (non-hydrogen) atoms. The van der Waals surface area contributed by atoms with E-state index in [2.05, 4.69) is 37.2 Å². The highest BCUT2D eigenvalue weighted by molar-refractivity contribution is 5.93. The number of carbonyl (C=O) groups excluding carboxylic acids is 1. The molecule has 2 saturated heterocycles. The number of likely N-dealkylation sites (tertiary alicyclic amines) is 1. The van der Waals surface area contributed by atoms with Gasteiger partial charge in [-0.3, -0.25) is 4.79 Å². The van der Waals surface area contributed by atoms with Crippen molar-refractivity contribution in [1.82, 2.24) is 34.9 Å². The molecule has 0 bridgehead atoms. The second kappa shape index (κ2) is 12.8. The maximum absolute atomic E-state index is 12.5. The first-order chi connectivity index (χ1) is 17.7. The average Bonchev–Trinajstić information content (AvgIpc) is 3.09. The summed E-state index contributed by atoms with van der Waals surface area (Å²) in [5, 5.41) is 8.59. The predicted molar refractivity (Wildman–Crippen MR) is 144 cm³/mol. The highest BCUT2D eigenvalue weighted by atomic mass is 16.2. The molecule has 2 fully saturated rings.